The number of hydrogen-bond acceptors (Lipinski definition) is 3. The van der Waals surface area contributed by atoms with Gasteiger partial charge in [0, 0.05) is 17.1 Å². The van der Waals surface area contributed by atoms with E-state index in [1.165, 1.54) is 6.26 Å². The minimum atomic E-state index is -0.336. The summed E-state index contributed by atoms with van der Waals surface area (Å²) in [5.41, 5.74) is 2.44. The first-order chi connectivity index (χ1) is 12.1. The van der Waals surface area contributed by atoms with Gasteiger partial charge in [0.2, 0.25) is 0 Å². The van der Waals surface area contributed by atoms with Crippen molar-refractivity contribution in [1.82, 2.24) is 0 Å². The van der Waals surface area contributed by atoms with Gasteiger partial charge < -0.3 is 20.4 Å². The van der Waals surface area contributed by atoms with Crippen LogP contribution in [0.15, 0.2) is 71.3 Å². The molecule has 0 aliphatic carbocycles. The van der Waals surface area contributed by atoms with Gasteiger partial charge in [0.1, 0.15) is 5.76 Å². The lowest BCUT2D eigenvalue weighted by molar-refractivity contribution is 0.102. The summed E-state index contributed by atoms with van der Waals surface area (Å²) in [5.74, 6) is 0.321. The van der Waals surface area contributed by atoms with E-state index in [1.54, 1.807) is 49.4 Å². The molecule has 0 fully saturated rings. The number of aryl methyl sites for hydroxylation is 1. The summed E-state index contributed by atoms with van der Waals surface area (Å²) in [6, 6.07) is 17.3. The summed E-state index contributed by atoms with van der Waals surface area (Å²) in [5, 5.41) is 8.24. The van der Waals surface area contributed by atoms with Crippen LogP contribution in [-0.4, -0.2) is 11.9 Å². The first-order valence-corrected chi connectivity index (χ1v) is 7.70. The third-order valence-corrected chi connectivity index (χ3v) is 3.54. The molecule has 0 saturated heterocycles. The Labute approximate surface area is 144 Å². The van der Waals surface area contributed by atoms with Gasteiger partial charge in [-0.25, -0.2) is 4.79 Å². The lowest BCUT2D eigenvalue weighted by atomic mass is 10.2. The SMILES string of the molecule is Cc1occc1C(=O)Nc1ccc(NC(=O)Nc2ccccc2)cc1. The van der Waals surface area contributed by atoms with Crippen LogP contribution in [-0.2, 0) is 0 Å². The maximum atomic E-state index is 12.1. The number of hydrogen-bond donors (Lipinski definition) is 3. The van der Waals surface area contributed by atoms with Gasteiger partial charge in [-0.1, -0.05) is 18.2 Å². The van der Waals surface area contributed by atoms with Crippen LogP contribution >= 0.6 is 0 Å². The molecule has 0 bridgehead atoms. The molecule has 6 nitrogen and oxygen atoms in total. The summed E-state index contributed by atoms with van der Waals surface area (Å²) in [6.45, 7) is 1.73. The van der Waals surface area contributed by atoms with E-state index < -0.39 is 0 Å². The summed E-state index contributed by atoms with van der Waals surface area (Å²) < 4.78 is 5.12. The number of para-hydroxylation sites is 1. The zero-order valence-electron chi connectivity index (χ0n) is 13.6. The molecule has 1 aromatic heterocycles. The van der Waals surface area contributed by atoms with E-state index in [2.05, 4.69) is 16.0 Å². The van der Waals surface area contributed by atoms with Crippen LogP contribution in [0.1, 0.15) is 16.1 Å². The number of carbonyl (C=O) groups excluding carboxylic acids is 2. The Morgan fingerprint density at radius 1 is 0.760 bits per heavy atom. The van der Waals surface area contributed by atoms with Gasteiger partial charge in [-0.15, -0.1) is 0 Å². The van der Waals surface area contributed by atoms with Crippen LogP contribution in [0.25, 0.3) is 0 Å². The fourth-order valence-electron chi connectivity index (χ4n) is 2.27. The molecule has 0 aliphatic heterocycles. The largest absolute Gasteiger partial charge is 0.469 e. The van der Waals surface area contributed by atoms with Crippen molar-refractivity contribution in [2.24, 2.45) is 0 Å². The zero-order valence-corrected chi connectivity index (χ0v) is 13.6. The van der Waals surface area contributed by atoms with Crippen molar-refractivity contribution in [3.05, 3.63) is 78.3 Å². The molecule has 126 valence electrons. The van der Waals surface area contributed by atoms with E-state index >= 15 is 0 Å². The van der Waals surface area contributed by atoms with Crippen molar-refractivity contribution in [1.29, 1.82) is 0 Å². The molecular weight excluding hydrogens is 318 g/mol. The third kappa shape index (κ3) is 4.26. The Morgan fingerprint density at radius 3 is 1.88 bits per heavy atom. The molecule has 3 amide bonds. The number of rotatable bonds is 4. The Bertz CT molecular complexity index is 870. The Kier molecular flexibility index (Phi) is 4.80. The zero-order chi connectivity index (χ0) is 17.6. The molecule has 0 spiro atoms. The van der Waals surface area contributed by atoms with Crippen LogP contribution in [0.3, 0.4) is 0 Å². The van der Waals surface area contributed by atoms with Gasteiger partial charge >= 0.3 is 6.03 Å². The highest BCUT2D eigenvalue weighted by molar-refractivity contribution is 6.05. The van der Waals surface area contributed by atoms with Crippen molar-refractivity contribution in [2.75, 3.05) is 16.0 Å². The van der Waals surface area contributed by atoms with E-state index in [0.29, 0.717) is 28.4 Å². The molecule has 0 saturated carbocycles. The third-order valence-electron chi connectivity index (χ3n) is 3.54. The van der Waals surface area contributed by atoms with E-state index in [4.69, 9.17) is 4.42 Å². The van der Waals surface area contributed by atoms with Crippen molar-refractivity contribution in [2.45, 2.75) is 6.92 Å². The van der Waals surface area contributed by atoms with Gasteiger partial charge in [0.05, 0.1) is 11.8 Å². The Morgan fingerprint density at radius 2 is 1.32 bits per heavy atom. The quantitative estimate of drug-likeness (QED) is 0.657. The number of amides is 3. The average Bonchev–Trinajstić information content (AvgIpc) is 3.03. The van der Waals surface area contributed by atoms with Crippen LogP contribution in [0, 0.1) is 6.92 Å². The Balaban J connectivity index is 1.58. The molecule has 3 aromatic rings. The second kappa shape index (κ2) is 7.35. The molecule has 0 radical (unpaired) electrons. The smallest absolute Gasteiger partial charge is 0.323 e. The van der Waals surface area contributed by atoms with Crippen molar-refractivity contribution in [3.63, 3.8) is 0 Å². The molecule has 2 aromatic carbocycles. The standard InChI is InChI=1S/C19H17N3O3/c1-13-17(11-12-25-13)18(23)20-15-7-9-16(10-8-15)22-19(24)21-14-5-3-2-4-6-14/h2-12H,1H3,(H,20,23)(H2,21,22,24). The molecule has 0 unspecified atom stereocenters. The maximum Gasteiger partial charge on any atom is 0.323 e. The molecule has 3 rings (SSSR count). The van der Waals surface area contributed by atoms with E-state index in [0.717, 1.165) is 0 Å². The minimum Gasteiger partial charge on any atom is -0.469 e. The molecule has 25 heavy (non-hydrogen) atoms. The predicted molar refractivity (Wildman–Crippen MR) is 96.9 cm³/mol. The fourth-order valence-corrected chi connectivity index (χ4v) is 2.27. The maximum absolute atomic E-state index is 12.1. The van der Waals surface area contributed by atoms with Gasteiger partial charge in [0.25, 0.3) is 5.91 Å². The van der Waals surface area contributed by atoms with Gasteiger partial charge in [-0.3, -0.25) is 4.79 Å². The predicted octanol–water partition coefficient (Wildman–Crippen LogP) is 4.48. The van der Waals surface area contributed by atoms with Crippen molar-refractivity contribution < 1.29 is 14.0 Å². The summed E-state index contributed by atoms with van der Waals surface area (Å²) in [7, 11) is 0. The second-order valence-electron chi connectivity index (χ2n) is 5.37. The van der Waals surface area contributed by atoms with Crippen LogP contribution in [0.4, 0.5) is 21.9 Å². The highest BCUT2D eigenvalue weighted by Crippen LogP contribution is 2.17. The number of anilines is 3. The van der Waals surface area contributed by atoms with Crippen molar-refractivity contribution >= 4 is 29.0 Å². The molecular formula is C19H17N3O3. The minimum absolute atomic E-state index is 0.242. The Hall–Kier alpha value is -3.54. The van der Waals surface area contributed by atoms with Crippen LogP contribution in [0.2, 0.25) is 0 Å². The summed E-state index contributed by atoms with van der Waals surface area (Å²) >= 11 is 0. The monoisotopic (exact) mass is 335 g/mol. The lowest BCUT2D eigenvalue weighted by Crippen LogP contribution is -2.19. The molecule has 0 aliphatic rings. The van der Waals surface area contributed by atoms with Crippen molar-refractivity contribution in [3.8, 4) is 0 Å². The van der Waals surface area contributed by atoms with Gasteiger partial charge in [-0.2, -0.15) is 0 Å². The first-order valence-electron chi connectivity index (χ1n) is 7.70. The summed E-state index contributed by atoms with van der Waals surface area (Å²) in [4.78, 5) is 24.0. The fraction of sp³-hybridized carbons (Fsp3) is 0.0526. The molecule has 6 heteroatoms. The van der Waals surface area contributed by atoms with Gasteiger partial charge in [-0.05, 0) is 49.4 Å². The number of furan rings is 1. The molecule has 3 N–H and O–H groups in total. The average molecular weight is 335 g/mol. The highest BCUT2D eigenvalue weighted by Gasteiger charge is 2.11. The number of carbonyl (C=O) groups is 2. The number of benzene rings is 2. The first kappa shape index (κ1) is 16.3. The summed E-state index contributed by atoms with van der Waals surface area (Å²) in [6.07, 6.45) is 1.47. The number of urea groups is 1. The van der Waals surface area contributed by atoms with E-state index in [-0.39, 0.29) is 11.9 Å². The van der Waals surface area contributed by atoms with Crippen LogP contribution < -0.4 is 16.0 Å². The topological polar surface area (TPSA) is 83.4 Å². The van der Waals surface area contributed by atoms with E-state index in [1.807, 2.05) is 18.2 Å². The highest BCUT2D eigenvalue weighted by atomic mass is 16.3. The number of nitrogens with one attached hydrogen (secondary N) is 3. The lowest BCUT2D eigenvalue weighted by Gasteiger charge is -2.09. The molecule has 1 heterocycles. The van der Waals surface area contributed by atoms with Crippen LogP contribution in [0.5, 0.6) is 0 Å². The normalized spacial score (nSPS) is 10.1. The second-order valence-corrected chi connectivity index (χ2v) is 5.37. The molecule has 0 atom stereocenters. The van der Waals surface area contributed by atoms with E-state index in [9.17, 15) is 9.59 Å². The van der Waals surface area contributed by atoms with Gasteiger partial charge in [0.15, 0.2) is 0 Å².